The van der Waals surface area contributed by atoms with Gasteiger partial charge in [-0.1, -0.05) is 158 Å². The molecule has 0 spiro atoms. The molecular formula is C62H34O4. The molecule has 0 atom stereocenters. The Morgan fingerprint density at radius 2 is 0.485 bits per heavy atom. The zero-order valence-electron chi connectivity index (χ0n) is 35.3. The lowest BCUT2D eigenvalue weighted by atomic mass is 9.83. The Balaban J connectivity index is 1.03. The molecule has 66 heavy (non-hydrogen) atoms. The van der Waals surface area contributed by atoms with E-state index in [4.69, 9.17) is 17.7 Å². The first kappa shape index (κ1) is 35.6. The van der Waals surface area contributed by atoms with E-state index in [-0.39, 0.29) is 0 Å². The molecule has 0 fully saturated rings. The summed E-state index contributed by atoms with van der Waals surface area (Å²) in [6, 6.07) is 72.9. The fourth-order valence-electron chi connectivity index (χ4n) is 11.2. The highest BCUT2D eigenvalue weighted by Gasteiger charge is 2.26. The Kier molecular flexibility index (Phi) is 7.19. The van der Waals surface area contributed by atoms with Crippen molar-refractivity contribution in [2.75, 3.05) is 0 Å². The van der Waals surface area contributed by atoms with Crippen LogP contribution in [0.1, 0.15) is 0 Å². The van der Waals surface area contributed by atoms with E-state index < -0.39 is 0 Å². The van der Waals surface area contributed by atoms with Crippen molar-refractivity contribution in [1.82, 2.24) is 0 Å². The van der Waals surface area contributed by atoms with Gasteiger partial charge in [-0.25, -0.2) is 0 Å². The first-order valence-corrected chi connectivity index (χ1v) is 22.4. The third-order valence-electron chi connectivity index (χ3n) is 13.9. The van der Waals surface area contributed by atoms with Crippen LogP contribution in [0.25, 0.3) is 154 Å². The molecule has 0 aliphatic heterocycles. The standard InChI is InChI=1S/C62H34O4/c1-3-17-37-35(15-1)55(47-33-32-42(61-60(47)46-22-8-12-28-52(46)65-61)40-24-14-30-54-58(40)44-20-6-10-26-50(44)64-54)36-16-2-4-18-38(36)56(37)48-34-31-41(59-45-21-7-11-27-51(45)66-62(48)59)39-23-13-29-53-57(39)43-19-5-9-25-49(43)63-53/h1-34H. The van der Waals surface area contributed by atoms with Crippen LogP contribution in [-0.2, 0) is 0 Å². The highest BCUT2D eigenvalue weighted by Crippen LogP contribution is 2.52. The minimum absolute atomic E-state index is 0.849. The normalized spacial score (nSPS) is 12.2. The lowest BCUT2D eigenvalue weighted by molar-refractivity contribution is 0.668. The Hall–Kier alpha value is -8.86. The molecule has 0 saturated carbocycles. The summed E-state index contributed by atoms with van der Waals surface area (Å²) in [6.07, 6.45) is 0. The van der Waals surface area contributed by atoms with Gasteiger partial charge in [0.1, 0.15) is 44.7 Å². The summed E-state index contributed by atoms with van der Waals surface area (Å²) < 4.78 is 26.8. The van der Waals surface area contributed by atoms with E-state index in [0.717, 1.165) is 154 Å². The molecule has 0 radical (unpaired) electrons. The summed E-state index contributed by atoms with van der Waals surface area (Å²) in [5.74, 6) is 0. The minimum Gasteiger partial charge on any atom is -0.456 e. The summed E-state index contributed by atoms with van der Waals surface area (Å²) in [5, 5.41) is 13.3. The highest BCUT2D eigenvalue weighted by molar-refractivity contribution is 6.30. The summed E-state index contributed by atoms with van der Waals surface area (Å²) in [4.78, 5) is 0. The molecule has 0 aliphatic rings. The van der Waals surface area contributed by atoms with Gasteiger partial charge in [-0.2, -0.15) is 0 Å². The number of rotatable bonds is 4. The van der Waals surface area contributed by atoms with Gasteiger partial charge in [0.25, 0.3) is 0 Å². The van der Waals surface area contributed by atoms with E-state index in [1.807, 2.05) is 24.3 Å². The molecule has 0 bridgehead atoms. The predicted octanol–water partition coefficient (Wildman–Crippen LogP) is 18.3. The van der Waals surface area contributed by atoms with Crippen LogP contribution in [0.2, 0.25) is 0 Å². The van der Waals surface area contributed by atoms with Crippen molar-refractivity contribution in [3.05, 3.63) is 206 Å². The fraction of sp³-hybridized carbons (Fsp3) is 0. The topological polar surface area (TPSA) is 52.6 Å². The molecule has 4 heteroatoms. The van der Waals surface area contributed by atoms with E-state index in [1.54, 1.807) is 0 Å². The van der Waals surface area contributed by atoms with Gasteiger partial charge < -0.3 is 17.7 Å². The molecule has 15 aromatic rings. The predicted molar refractivity (Wildman–Crippen MR) is 272 cm³/mol. The second kappa shape index (κ2) is 13.3. The van der Waals surface area contributed by atoms with Crippen molar-refractivity contribution < 1.29 is 17.7 Å². The maximum atomic E-state index is 7.05. The Morgan fingerprint density at radius 3 is 0.985 bits per heavy atom. The van der Waals surface area contributed by atoms with Crippen molar-refractivity contribution in [3.63, 3.8) is 0 Å². The van der Waals surface area contributed by atoms with Crippen LogP contribution >= 0.6 is 0 Å². The molecule has 15 rings (SSSR count). The van der Waals surface area contributed by atoms with Gasteiger partial charge in [-0.05, 0) is 97.9 Å². The van der Waals surface area contributed by atoms with Crippen molar-refractivity contribution in [3.8, 4) is 44.5 Å². The summed E-state index contributed by atoms with van der Waals surface area (Å²) in [6.45, 7) is 0. The van der Waals surface area contributed by atoms with Gasteiger partial charge in [-0.15, -0.1) is 0 Å². The summed E-state index contributed by atoms with van der Waals surface area (Å²) in [7, 11) is 0. The maximum Gasteiger partial charge on any atom is 0.143 e. The van der Waals surface area contributed by atoms with Gasteiger partial charge in [0.05, 0.1) is 0 Å². The monoisotopic (exact) mass is 842 g/mol. The average molecular weight is 843 g/mol. The van der Waals surface area contributed by atoms with Gasteiger partial charge in [0.15, 0.2) is 0 Å². The van der Waals surface area contributed by atoms with Crippen molar-refractivity contribution in [2.24, 2.45) is 0 Å². The molecular weight excluding hydrogens is 809 g/mol. The quantitative estimate of drug-likeness (QED) is 0.166. The number of hydrogen-bond acceptors (Lipinski definition) is 4. The van der Waals surface area contributed by atoms with Crippen molar-refractivity contribution in [1.29, 1.82) is 0 Å². The number of fused-ring (bicyclic) bond motifs is 14. The van der Waals surface area contributed by atoms with E-state index in [0.29, 0.717) is 0 Å². The molecule has 0 saturated heterocycles. The molecule has 4 heterocycles. The van der Waals surface area contributed by atoms with Crippen molar-refractivity contribution >= 4 is 109 Å². The van der Waals surface area contributed by atoms with E-state index >= 15 is 0 Å². The molecule has 0 unspecified atom stereocenters. The van der Waals surface area contributed by atoms with Crippen LogP contribution in [0.5, 0.6) is 0 Å². The van der Waals surface area contributed by atoms with E-state index in [9.17, 15) is 0 Å². The summed E-state index contributed by atoms with van der Waals surface area (Å²) >= 11 is 0. The van der Waals surface area contributed by atoms with Crippen LogP contribution in [-0.4, -0.2) is 0 Å². The fourth-order valence-corrected chi connectivity index (χ4v) is 11.2. The summed E-state index contributed by atoms with van der Waals surface area (Å²) in [5.41, 5.74) is 15.7. The zero-order valence-corrected chi connectivity index (χ0v) is 35.3. The third kappa shape index (κ3) is 4.82. The van der Waals surface area contributed by atoms with E-state index in [2.05, 4.69) is 182 Å². The zero-order chi connectivity index (χ0) is 43.0. The van der Waals surface area contributed by atoms with Crippen LogP contribution in [0.4, 0.5) is 0 Å². The Bertz CT molecular complexity index is 4480. The van der Waals surface area contributed by atoms with Gasteiger partial charge >= 0.3 is 0 Å². The van der Waals surface area contributed by atoms with Crippen molar-refractivity contribution in [2.45, 2.75) is 0 Å². The van der Waals surface area contributed by atoms with Crippen LogP contribution < -0.4 is 0 Å². The smallest absolute Gasteiger partial charge is 0.143 e. The van der Waals surface area contributed by atoms with Gasteiger partial charge in [0, 0.05) is 59.8 Å². The molecule has 0 amide bonds. The minimum atomic E-state index is 0.849. The van der Waals surface area contributed by atoms with Crippen LogP contribution in [0.3, 0.4) is 0 Å². The number of furan rings is 4. The Labute approximate surface area is 376 Å². The first-order chi connectivity index (χ1) is 32.8. The van der Waals surface area contributed by atoms with Gasteiger partial charge in [-0.3, -0.25) is 0 Å². The van der Waals surface area contributed by atoms with Gasteiger partial charge in [0.2, 0.25) is 0 Å². The average Bonchev–Trinajstić information content (AvgIpc) is 4.16. The lowest BCUT2D eigenvalue weighted by Gasteiger charge is -2.19. The second-order valence-corrected chi connectivity index (χ2v) is 17.3. The van der Waals surface area contributed by atoms with Crippen LogP contribution in [0.15, 0.2) is 224 Å². The SMILES string of the molecule is c1ccc2c(c1)oc1cccc(-c3ccc(-c4c5ccccc5c(-c5ccc(-c6cccc7oc8ccccc8c67)c6c5oc5ccccc56)c5ccccc45)c4c3oc3ccccc34)c12. The molecule has 11 aromatic carbocycles. The number of benzene rings is 11. The second-order valence-electron chi connectivity index (χ2n) is 17.3. The largest absolute Gasteiger partial charge is 0.456 e. The molecule has 4 aromatic heterocycles. The molecule has 4 nitrogen and oxygen atoms in total. The Morgan fingerprint density at radius 1 is 0.182 bits per heavy atom. The lowest BCUT2D eigenvalue weighted by Crippen LogP contribution is -1.93. The number of para-hydroxylation sites is 4. The maximum absolute atomic E-state index is 7.05. The molecule has 0 N–H and O–H groups in total. The highest BCUT2D eigenvalue weighted by atomic mass is 16.3. The van der Waals surface area contributed by atoms with Crippen LogP contribution in [0, 0.1) is 0 Å². The molecule has 0 aliphatic carbocycles. The first-order valence-electron chi connectivity index (χ1n) is 22.4. The van der Waals surface area contributed by atoms with E-state index in [1.165, 1.54) is 0 Å². The third-order valence-corrected chi connectivity index (χ3v) is 13.9. The molecule has 306 valence electrons. The number of hydrogen-bond donors (Lipinski definition) is 0.